The molecule has 0 unspecified atom stereocenters. The summed E-state index contributed by atoms with van der Waals surface area (Å²) in [7, 11) is 1.29. The Balaban J connectivity index is 0.000000417. The van der Waals surface area contributed by atoms with Crippen LogP contribution >= 0.6 is 11.6 Å². The SMILES string of the molecule is O=CO[O-].[2H]C1([2H])C(=O)Nc2ccc(O)cc2C1([2H])[2H].[2H]C1([2H])CC(=O)Nc2ccc(O)cc21.[2H]C1([2H])CCC(n2nnnc2CCCCCl)CC1.[2H]C1([2H])CCC(n2nnnc2CCCCOc2ccc3c(c2)C([2H])([2H])C([2H])([2H])C(=O)N3)CC1.[2H]OC.[H-].[K+].[K+]. The van der Waals surface area contributed by atoms with Gasteiger partial charge < -0.3 is 47.6 Å². The van der Waals surface area contributed by atoms with E-state index in [1.807, 2.05) is 9.36 Å². The number of halogens is 1. The predicted octanol–water partition coefficient (Wildman–Crippen LogP) is 0.922. The van der Waals surface area contributed by atoms with Crippen LogP contribution in [0.3, 0.4) is 0 Å². The molecule has 398 valence electrons. The summed E-state index contributed by atoms with van der Waals surface area (Å²) in [6.45, 7) is 0.201. The Morgan fingerprint density at radius 1 is 0.707 bits per heavy atom. The van der Waals surface area contributed by atoms with E-state index in [4.69, 9.17) is 47.0 Å². The summed E-state index contributed by atoms with van der Waals surface area (Å²) < 4.78 is 124. The first-order valence-electron chi connectivity index (χ1n) is 30.8. The summed E-state index contributed by atoms with van der Waals surface area (Å²) in [6.07, 6.45) is -4.03. The van der Waals surface area contributed by atoms with Crippen molar-refractivity contribution in [3.05, 3.63) is 82.9 Å². The number of phenolic OH excluding ortho intramolecular Hbond substituents is 2. The number of phenols is 2. The number of aromatic hydroxyl groups is 2. The van der Waals surface area contributed by atoms with Gasteiger partial charge in [-0.1, -0.05) is 38.4 Å². The number of anilines is 3. The van der Waals surface area contributed by atoms with Gasteiger partial charge in [0, 0.05) is 81.3 Å². The second kappa shape index (κ2) is 37.4. The van der Waals surface area contributed by atoms with Crippen LogP contribution in [0, 0.1) is 0 Å². The molecule has 5 heterocycles. The molecule has 24 heteroatoms. The molecule has 2 aromatic heterocycles. The van der Waals surface area contributed by atoms with Crippen LogP contribution in [0.2, 0.25) is 0 Å². The third-order valence-corrected chi connectivity index (χ3v) is 11.4. The van der Waals surface area contributed by atoms with Crippen LogP contribution in [0.4, 0.5) is 17.1 Å². The standard InChI is InChI=1S/C20H27N5O2.C11H19ClN4.2C9H9NO2.CH2O3.CH4O.2K.H/c26-20-12-9-15-14-17(10-11-18(15)21-20)27-13-5-4-8-19-22-23-24-25(19)16-6-2-1-3-7-16;12-9-5-4-8-11-13-14-15-16(11)10-6-2-1-3-7-10;2*11-7-2-3-8-6(5-7)1-4-9(12)10-8;2-1-4-3;1-2;;;/h10-11,14,16H,1-9,12-13H2,(H,21,26);10H,1-9H2;2*2-3,5,11H,1,4H2,(H,10,12);1,3H;2H,1H3;;;/q;;;;;;2*+1;-1/p-1/i1D2,9D2,12D2;1D2;1D2,4D2;1D2;;2D;;;. The maximum atomic E-state index is 11.9. The van der Waals surface area contributed by atoms with E-state index >= 15 is 0 Å². The second-order valence-electron chi connectivity index (χ2n) is 16.2. The number of rotatable bonds is 13. The fourth-order valence-electron chi connectivity index (χ4n) is 7.66. The van der Waals surface area contributed by atoms with Crippen LogP contribution in [-0.4, -0.2) is 101 Å². The van der Waals surface area contributed by atoms with Crippen LogP contribution in [-0.2, 0) is 56.0 Å². The first kappa shape index (κ1) is 45.4. The summed E-state index contributed by atoms with van der Waals surface area (Å²) in [5.74, 6) is 0.247. The van der Waals surface area contributed by atoms with E-state index in [-0.39, 0.29) is 169 Å². The van der Waals surface area contributed by atoms with E-state index in [2.05, 4.69) is 57.0 Å². The van der Waals surface area contributed by atoms with Crippen molar-refractivity contribution in [2.24, 2.45) is 0 Å². The number of tetrazole rings is 2. The number of aromatic nitrogens is 8. The molecule has 2 aliphatic carbocycles. The number of aliphatic hydroxyl groups excluding tert-OH is 1. The van der Waals surface area contributed by atoms with Gasteiger partial charge in [0.25, 0.3) is 6.47 Å². The molecule has 5 aliphatic rings. The van der Waals surface area contributed by atoms with E-state index in [0.29, 0.717) is 68.0 Å². The number of carbonyl (C=O) groups is 4. The maximum Gasteiger partial charge on any atom is 1.00 e. The number of aryl methyl sites for hydroxylation is 5. The molecule has 2 saturated carbocycles. The van der Waals surface area contributed by atoms with Gasteiger partial charge >= 0.3 is 103 Å². The zero-order valence-electron chi connectivity index (χ0n) is 58.1. The largest absolute Gasteiger partial charge is 1.00 e. The topological polar surface area (TPSA) is 294 Å². The molecule has 0 radical (unpaired) electrons. The molecule has 0 saturated heterocycles. The number of amides is 3. The van der Waals surface area contributed by atoms with Crippen molar-refractivity contribution >= 4 is 52.9 Å². The normalized spacial score (nSPS) is 22.9. The van der Waals surface area contributed by atoms with Crippen molar-refractivity contribution in [3.8, 4) is 17.2 Å². The van der Waals surface area contributed by atoms with E-state index < -0.39 is 56.4 Å². The van der Waals surface area contributed by atoms with Crippen LogP contribution in [0.15, 0.2) is 54.6 Å². The molecule has 3 amide bonds. The minimum absolute atomic E-state index is 0. The molecule has 3 aliphatic heterocycles. The monoisotopic (exact) mass is 1120 g/mol. The number of benzene rings is 3. The third kappa shape index (κ3) is 22.8. The molecular formula is C51H70ClK2N11O10. The van der Waals surface area contributed by atoms with Gasteiger partial charge in [-0.15, -0.1) is 21.8 Å². The maximum absolute atomic E-state index is 11.9. The van der Waals surface area contributed by atoms with Gasteiger partial charge in [0.05, 0.1) is 18.7 Å². The molecule has 3 aromatic carbocycles. The minimum Gasteiger partial charge on any atom is -1.00 e. The summed E-state index contributed by atoms with van der Waals surface area (Å²) in [4.78, 5) is 45.6. The van der Waals surface area contributed by atoms with Crippen molar-refractivity contribution < 1.29 is 173 Å². The number of unbranched alkanes of at least 4 members (excludes halogenated alkanes) is 2. The minimum atomic E-state index is -2.68. The van der Waals surface area contributed by atoms with E-state index in [9.17, 15) is 24.6 Å². The molecule has 2 fully saturated rings. The van der Waals surface area contributed by atoms with Crippen LogP contribution in [0.1, 0.15) is 170 Å². The molecular weight excluding hydrogens is 1040 g/mol. The number of ether oxygens (including phenoxy) is 1. The van der Waals surface area contributed by atoms with E-state index in [0.717, 1.165) is 69.1 Å². The van der Waals surface area contributed by atoms with Crippen molar-refractivity contribution in [3.63, 3.8) is 0 Å². The number of aliphatic hydroxyl groups is 1. The number of carbonyl (C=O) groups excluding carboxylic acids is 4. The van der Waals surface area contributed by atoms with Crippen molar-refractivity contribution in [2.75, 3.05) is 35.5 Å². The average Bonchev–Trinajstić information content (AvgIpc) is 1.22. The Bertz CT molecular complexity index is 3160. The number of nitrogens with zero attached hydrogens (tertiary/aromatic N) is 8. The number of hydrogen-bond acceptors (Lipinski definition) is 16. The number of hydrogen-bond donors (Lipinski definition) is 6. The van der Waals surface area contributed by atoms with Crippen LogP contribution < -0.4 is 129 Å². The van der Waals surface area contributed by atoms with Gasteiger partial charge in [0.1, 0.15) is 17.2 Å². The molecule has 5 aromatic rings. The Hall–Kier alpha value is -3.44. The Morgan fingerprint density at radius 3 is 1.63 bits per heavy atom. The van der Waals surface area contributed by atoms with Gasteiger partial charge in [-0.2, -0.15) is 0 Å². The fraction of sp³-hybridized carbons (Fsp3) is 0.529. The quantitative estimate of drug-likeness (QED) is 0.0182. The Kier molecular flexibility index (Phi) is 22.6. The predicted molar refractivity (Wildman–Crippen MR) is 272 cm³/mol. The molecule has 6 N–H and O–H groups in total. The second-order valence-corrected chi connectivity index (χ2v) is 16.5. The first-order valence-corrected chi connectivity index (χ1v) is 23.9. The molecule has 21 nitrogen and oxygen atoms in total. The summed E-state index contributed by atoms with van der Waals surface area (Å²) in [5.41, 5.74) is 1.19. The zero-order valence-corrected chi connectivity index (χ0v) is 49.1. The molecule has 0 spiro atoms. The molecule has 0 bridgehead atoms. The Labute approximate surface area is 550 Å². The summed E-state index contributed by atoms with van der Waals surface area (Å²) in [6, 6.07) is 13.0. The van der Waals surface area contributed by atoms with Crippen molar-refractivity contribution in [1.82, 2.24) is 40.4 Å². The summed E-state index contributed by atoms with van der Waals surface area (Å²) >= 11 is 5.66. The first-order chi connectivity index (χ1) is 41.2. The van der Waals surface area contributed by atoms with Crippen LogP contribution in [0.25, 0.3) is 0 Å². The molecule has 10 rings (SSSR count). The average molecular weight is 1130 g/mol. The van der Waals surface area contributed by atoms with Crippen LogP contribution in [0.5, 0.6) is 17.2 Å². The number of alkyl halides is 1. The Morgan fingerprint density at radius 2 is 1.15 bits per heavy atom. The van der Waals surface area contributed by atoms with Crippen molar-refractivity contribution in [1.29, 1.82) is 1.43 Å². The van der Waals surface area contributed by atoms with Gasteiger partial charge in [-0.3, -0.25) is 19.2 Å². The third-order valence-electron chi connectivity index (χ3n) is 11.1. The van der Waals surface area contributed by atoms with Gasteiger partial charge in [0.15, 0.2) is 11.6 Å². The van der Waals surface area contributed by atoms with Gasteiger partial charge in [-0.25, -0.2) is 9.36 Å². The fourth-order valence-corrected chi connectivity index (χ4v) is 7.85. The molecule has 0 atom stereocenters. The van der Waals surface area contributed by atoms with Crippen molar-refractivity contribution in [2.45, 2.75) is 153 Å². The zero-order chi connectivity index (χ0) is 65.5. The van der Waals surface area contributed by atoms with Gasteiger partial charge in [-0.05, 0) is 163 Å². The number of nitrogens with one attached hydrogen (secondary N) is 3. The van der Waals surface area contributed by atoms with Gasteiger partial charge in [0.2, 0.25) is 19.2 Å². The number of fused-ring (bicyclic) bond motifs is 3. The van der Waals surface area contributed by atoms with E-state index in [1.54, 1.807) is 6.07 Å². The summed E-state index contributed by atoms with van der Waals surface area (Å²) in [5, 5.41) is 61.5. The van der Waals surface area contributed by atoms with E-state index in [1.165, 1.54) is 49.6 Å². The smallest absolute Gasteiger partial charge is 1.00 e. The molecule has 75 heavy (non-hydrogen) atoms.